The summed E-state index contributed by atoms with van der Waals surface area (Å²) in [5, 5.41) is 13.4. The first-order valence-electron chi connectivity index (χ1n) is 6.34. The third-order valence-corrected chi connectivity index (χ3v) is 2.68. The van der Waals surface area contributed by atoms with Crippen molar-refractivity contribution in [2.45, 2.75) is 13.8 Å². The van der Waals surface area contributed by atoms with Crippen LogP contribution in [0.5, 0.6) is 0 Å². The fraction of sp³-hybridized carbons (Fsp3) is 0.357. The molecule has 0 aliphatic heterocycles. The van der Waals surface area contributed by atoms with Gasteiger partial charge in [-0.15, -0.1) is 0 Å². The number of anilines is 1. The molecule has 108 valence electrons. The van der Waals surface area contributed by atoms with Gasteiger partial charge >= 0.3 is 0 Å². The Labute approximate surface area is 118 Å². The van der Waals surface area contributed by atoms with E-state index in [1.807, 2.05) is 18.7 Å². The molecule has 0 spiro atoms. The van der Waals surface area contributed by atoms with Crippen molar-refractivity contribution < 1.29 is 9.72 Å². The molecular weight excluding hydrogens is 258 g/mol. The highest BCUT2D eigenvalue weighted by Gasteiger charge is 2.16. The maximum Gasteiger partial charge on any atom is 0.292 e. The Kier molecular flexibility index (Phi) is 5.86. The van der Waals surface area contributed by atoms with E-state index in [1.165, 1.54) is 12.1 Å². The second kappa shape index (κ2) is 7.40. The van der Waals surface area contributed by atoms with E-state index >= 15 is 0 Å². The second-order valence-corrected chi connectivity index (χ2v) is 4.58. The highest BCUT2D eigenvalue weighted by Crippen LogP contribution is 2.22. The zero-order valence-corrected chi connectivity index (χ0v) is 11.8. The number of amides is 1. The average Bonchev–Trinajstić information content (AvgIpc) is 2.37. The lowest BCUT2D eigenvalue weighted by molar-refractivity contribution is -0.383. The number of carbonyl (C=O) groups is 1. The van der Waals surface area contributed by atoms with Crippen molar-refractivity contribution in [1.29, 1.82) is 0 Å². The summed E-state index contributed by atoms with van der Waals surface area (Å²) >= 11 is 0. The van der Waals surface area contributed by atoms with Gasteiger partial charge in [0.25, 0.3) is 5.69 Å². The molecule has 0 radical (unpaired) electrons. The van der Waals surface area contributed by atoms with E-state index in [2.05, 4.69) is 11.9 Å². The Bertz CT molecular complexity index is 514. The standard InChI is InChI=1S/C14H19N3O3/c1-4-16(9-11(2)3)10-14(18)15-12-7-5-6-8-13(12)17(19)20/h5-8H,2,4,9-10H2,1,3H3,(H,15,18). The van der Waals surface area contributed by atoms with Crippen LogP contribution < -0.4 is 5.32 Å². The molecule has 1 rings (SSSR count). The Morgan fingerprint density at radius 2 is 2.05 bits per heavy atom. The molecule has 0 atom stereocenters. The molecule has 0 fully saturated rings. The van der Waals surface area contributed by atoms with Crippen LogP contribution in [0.3, 0.4) is 0 Å². The summed E-state index contributed by atoms with van der Waals surface area (Å²) in [5.74, 6) is -0.276. The summed E-state index contributed by atoms with van der Waals surface area (Å²) in [4.78, 5) is 24.2. The van der Waals surface area contributed by atoms with Gasteiger partial charge in [0.15, 0.2) is 0 Å². The first-order valence-corrected chi connectivity index (χ1v) is 6.34. The number of nitrogens with one attached hydrogen (secondary N) is 1. The Morgan fingerprint density at radius 3 is 2.60 bits per heavy atom. The largest absolute Gasteiger partial charge is 0.319 e. The number of nitro benzene ring substituents is 1. The molecular formula is C14H19N3O3. The monoisotopic (exact) mass is 277 g/mol. The lowest BCUT2D eigenvalue weighted by Crippen LogP contribution is -2.34. The van der Waals surface area contributed by atoms with Crippen LogP contribution in [0.1, 0.15) is 13.8 Å². The van der Waals surface area contributed by atoms with Gasteiger partial charge < -0.3 is 5.32 Å². The maximum absolute atomic E-state index is 11.9. The minimum atomic E-state index is -0.513. The van der Waals surface area contributed by atoms with Gasteiger partial charge in [0.05, 0.1) is 11.5 Å². The molecule has 1 aromatic carbocycles. The van der Waals surface area contributed by atoms with Crippen molar-refractivity contribution in [3.63, 3.8) is 0 Å². The molecule has 0 saturated heterocycles. The van der Waals surface area contributed by atoms with Gasteiger partial charge in [-0.3, -0.25) is 19.8 Å². The van der Waals surface area contributed by atoms with E-state index in [0.29, 0.717) is 13.1 Å². The summed E-state index contributed by atoms with van der Waals surface area (Å²) in [7, 11) is 0. The molecule has 0 bridgehead atoms. The highest BCUT2D eigenvalue weighted by molar-refractivity contribution is 5.94. The summed E-state index contributed by atoms with van der Waals surface area (Å²) in [6.07, 6.45) is 0. The van der Waals surface area contributed by atoms with Gasteiger partial charge in [0.2, 0.25) is 5.91 Å². The molecule has 1 amide bonds. The van der Waals surface area contributed by atoms with Crippen LogP contribution >= 0.6 is 0 Å². The molecule has 0 aliphatic carbocycles. The van der Waals surface area contributed by atoms with Gasteiger partial charge in [-0.25, -0.2) is 0 Å². The maximum atomic E-state index is 11.9. The number of benzene rings is 1. The minimum Gasteiger partial charge on any atom is -0.319 e. The lowest BCUT2D eigenvalue weighted by Gasteiger charge is -2.19. The second-order valence-electron chi connectivity index (χ2n) is 4.58. The topological polar surface area (TPSA) is 75.5 Å². The summed E-state index contributed by atoms with van der Waals surface area (Å²) < 4.78 is 0. The van der Waals surface area contributed by atoms with E-state index < -0.39 is 4.92 Å². The number of para-hydroxylation sites is 2. The molecule has 0 aromatic heterocycles. The molecule has 0 heterocycles. The number of nitro groups is 1. The predicted octanol–water partition coefficient (Wildman–Crippen LogP) is 2.43. The van der Waals surface area contributed by atoms with E-state index in [4.69, 9.17) is 0 Å². The van der Waals surface area contributed by atoms with Crippen LogP contribution in [0.15, 0.2) is 36.4 Å². The van der Waals surface area contributed by atoms with Crippen molar-refractivity contribution in [1.82, 2.24) is 4.90 Å². The Hall–Kier alpha value is -2.21. The molecule has 0 unspecified atom stereocenters. The summed E-state index contributed by atoms with van der Waals surface area (Å²) in [6, 6.07) is 6.09. The molecule has 1 aromatic rings. The number of carbonyl (C=O) groups excluding carboxylic acids is 1. The molecule has 0 aliphatic rings. The zero-order chi connectivity index (χ0) is 15.1. The number of hydrogen-bond acceptors (Lipinski definition) is 4. The van der Waals surface area contributed by atoms with Crippen LogP contribution in [0.2, 0.25) is 0 Å². The van der Waals surface area contributed by atoms with Gasteiger partial charge in [-0.1, -0.05) is 31.2 Å². The summed E-state index contributed by atoms with van der Waals surface area (Å²) in [6.45, 7) is 9.15. The van der Waals surface area contributed by atoms with Crippen molar-refractivity contribution in [3.05, 3.63) is 46.5 Å². The highest BCUT2D eigenvalue weighted by atomic mass is 16.6. The molecule has 6 nitrogen and oxygen atoms in total. The van der Waals surface area contributed by atoms with Crippen LogP contribution in [0.4, 0.5) is 11.4 Å². The average molecular weight is 277 g/mol. The number of likely N-dealkylation sites (N-methyl/N-ethyl adjacent to an activating group) is 1. The van der Waals surface area contributed by atoms with E-state index in [9.17, 15) is 14.9 Å². The molecule has 0 saturated carbocycles. The van der Waals surface area contributed by atoms with Gasteiger partial charge in [0, 0.05) is 12.6 Å². The molecule has 20 heavy (non-hydrogen) atoms. The third-order valence-electron chi connectivity index (χ3n) is 2.68. The van der Waals surface area contributed by atoms with Crippen molar-refractivity contribution in [2.75, 3.05) is 25.0 Å². The van der Waals surface area contributed by atoms with Crippen LogP contribution in [-0.2, 0) is 4.79 Å². The molecule has 6 heteroatoms. The zero-order valence-electron chi connectivity index (χ0n) is 11.8. The summed E-state index contributed by atoms with van der Waals surface area (Å²) in [5.41, 5.74) is 1.07. The fourth-order valence-electron chi connectivity index (χ4n) is 1.79. The SMILES string of the molecule is C=C(C)CN(CC)CC(=O)Nc1ccccc1[N+](=O)[O-]. The molecule has 1 N–H and O–H groups in total. The first kappa shape index (κ1) is 15.8. The Balaban J connectivity index is 2.71. The smallest absolute Gasteiger partial charge is 0.292 e. The van der Waals surface area contributed by atoms with E-state index in [0.717, 1.165) is 5.57 Å². The number of nitrogens with zero attached hydrogens (tertiary/aromatic N) is 2. The van der Waals surface area contributed by atoms with Gasteiger partial charge in [-0.2, -0.15) is 0 Å². The minimum absolute atomic E-state index is 0.108. The third kappa shape index (κ3) is 4.81. The first-order chi connectivity index (χ1) is 9.43. The predicted molar refractivity (Wildman–Crippen MR) is 78.7 cm³/mol. The number of rotatable bonds is 7. The normalized spacial score (nSPS) is 10.3. The van der Waals surface area contributed by atoms with Crippen molar-refractivity contribution in [2.24, 2.45) is 0 Å². The van der Waals surface area contributed by atoms with E-state index in [1.54, 1.807) is 12.1 Å². The van der Waals surface area contributed by atoms with E-state index in [-0.39, 0.29) is 23.8 Å². The van der Waals surface area contributed by atoms with Crippen LogP contribution in [-0.4, -0.2) is 35.4 Å². The van der Waals surface area contributed by atoms with Crippen molar-refractivity contribution >= 4 is 17.3 Å². The lowest BCUT2D eigenvalue weighted by atomic mass is 10.2. The van der Waals surface area contributed by atoms with Gasteiger partial charge in [-0.05, 0) is 19.5 Å². The fourth-order valence-corrected chi connectivity index (χ4v) is 1.79. The van der Waals surface area contributed by atoms with Crippen LogP contribution in [0, 0.1) is 10.1 Å². The quantitative estimate of drug-likeness (QED) is 0.472. The van der Waals surface area contributed by atoms with Gasteiger partial charge in [0.1, 0.15) is 5.69 Å². The van der Waals surface area contributed by atoms with Crippen molar-refractivity contribution in [3.8, 4) is 0 Å². The van der Waals surface area contributed by atoms with Crippen LogP contribution in [0.25, 0.3) is 0 Å². The Morgan fingerprint density at radius 1 is 1.40 bits per heavy atom. The number of hydrogen-bond donors (Lipinski definition) is 1.